The van der Waals surface area contributed by atoms with Gasteiger partial charge in [-0.05, 0) is 42.5 Å². The molecule has 3 aliphatic rings. The van der Waals surface area contributed by atoms with Gasteiger partial charge in [0.15, 0.2) is 5.82 Å². The topological polar surface area (TPSA) is 80.0 Å². The Hall–Kier alpha value is -3.13. The number of hydrogen-bond donors (Lipinski definition) is 2. The van der Waals surface area contributed by atoms with Gasteiger partial charge >= 0.3 is 0 Å². The van der Waals surface area contributed by atoms with Crippen LogP contribution in [0.2, 0.25) is 0 Å². The maximum atomic E-state index is 12.1. The molecule has 1 unspecified atom stereocenters. The third kappa shape index (κ3) is 3.30. The molecule has 8 nitrogen and oxygen atoms in total. The summed E-state index contributed by atoms with van der Waals surface area (Å²) >= 11 is 0. The first-order chi connectivity index (χ1) is 15.7. The van der Waals surface area contributed by atoms with Gasteiger partial charge in [0.2, 0.25) is 5.91 Å². The van der Waals surface area contributed by atoms with Gasteiger partial charge in [0.05, 0.1) is 12.2 Å². The molecule has 0 radical (unpaired) electrons. The highest BCUT2D eigenvalue weighted by molar-refractivity contribution is 5.77. The van der Waals surface area contributed by atoms with E-state index in [4.69, 9.17) is 5.10 Å². The van der Waals surface area contributed by atoms with E-state index >= 15 is 0 Å². The summed E-state index contributed by atoms with van der Waals surface area (Å²) in [6.45, 7) is 3.49. The molecule has 0 spiro atoms. The fraction of sp³-hybridized carbons (Fsp3) is 0.458. The number of nitrogens with one attached hydrogen (secondary N) is 2. The molecular weight excluding hydrogens is 402 g/mol. The summed E-state index contributed by atoms with van der Waals surface area (Å²) in [4.78, 5) is 14.5. The number of aromatic nitrogens is 4. The van der Waals surface area contributed by atoms with Crippen LogP contribution < -0.4 is 15.5 Å². The first-order valence-corrected chi connectivity index (χ1v) is 11.6. The lowest BCUT2D eigenvalue weighted by Gasteiger charge is -2.31. The van der Waals surface area contributed by atoms with Crippen LogP contribution in [0.25, 0.3) is 11.1 Å². The Kier molecular flexibility index (Phi) is 4.75. The van der Waals surface area contributed by atoms with Crippen LogP contribution in [0.15, 0.2) is 30.6 Å². The molecule has 0 aliphatic carbocycles. The van der Waals surface area contributed by atoms with Crippen molar-refractivity contribution in [2.24, 2.45) is 7.05 Å². The second-order valence-corrected chi connectivity index (χ2v) is 9.12. The molecule has 2 N–H and O–H groups in total. The van der Waals surface area contributed by atoms with Crippen molar-refractivity contribution >= 4 is 17.4 Å². The van der Waals surface area contributed by atoms with E-state index in [1.165, 1.54) is 28.1 Å². The largest absolute Gasteiger partial charge is 0.356 e. The van der Waals surface area contributed by atoms with E-state index < -0.39 is 0 Å². The molecule has 1 atom stereocenters. The molecule has 0 bridgehead atoms. The van der Waals surface area contributed by atoms with Gasteiger partial charge in [-0.25, -0.2) is 0 Å². The van der Waals surface area contributed by atoms with E-state index in [1.807, 2.05) is 17.9 Å². The van der Waals surface area contributed by atoms with Crippen LogP contribution in [-0.2, 0) is 31.2 Å². The Morgan fingerprint density at radius 2 is 2.09 bits per heavy atom. The number of piperidine rings is 1. The first kappa shape index (κ1) is 19.5. The molecule has 1 fully saturated rings. The van der Waals surface area contributed by atoms with E-state index in [0.717, 1.165) is 63.2 Å². The van der Waals surface area contributed by atoms with Crippen LogP contribution in [-0.4, -0.2) is 45.1 Å². The molecule has 2 aromatic heterocycles. The highest BCUT2D eigenvalue weighted by Gasteiger charge is 2.31. The zero-order chi connectivity index (χ0) is 21.7. The first-order valence-electron chi connectivity index (χ1n) is 11.6. The lowest BCUT2D eigenvalue weighted by Crippen LogP contribution is -2.36. The molecule has 1 aromatic carbocycles. The number of carbonyl (C=O) groups excluding carboxylic acids is 1. The number of nitrogens with zero attached hydrogens (tertiary/aromatic N) is 5. The van der Waals surface area contributed by atoms with Gasteiger partial charge in [-0.15, -0.1) is 0 Å². The Balaban J connectivity index is 1.40. The van der Waals surface area contributed by atoms with Crippen molar-refractivity contribution in [2.45, 2.75) is 44.7 Å². The van der Waals surface area contributed by atoms with Crippen LogP contribution in [0, 0.1) is 0 Å². The molecule has 6 rings (SSSR count). The van der Waals surface area contributed by atoms with E-state index in [-0.39, 0.29) is 11.9 Å². The third-order valence-electron chi connectivity index (χ3n) is 7.00. The summed E-state index contributed by atoms with van der Waals surface area (Å²) in [5.41, 5.74) is 7.57. The summed E-state index contributed by atoms with van der Waals surface area (Å²) in [5.74, 6) is 1.19. The molecule has 166 valence electrons. The van der Waals surface area contributed by atoms with Crippen molar-refractivity contribution in [1.82, 2.24) is 30.2 Å². The Morgan fingerprint density at radius 3 is 2.94 bits per heavy atom. The minimum atomic E-state index is 0.132. The van der Waals surface area contributed by atoms with Gasteiger partial charge in [-0.1, -0.05) is 6.07 Å². The van der Waals surface area contributed by atoms with Crippen LogP contribution in [0.1, 0.15) is 42.1 Å². The molecule has 8 heteroatoms. The normalized spacial score (nSPS) is 20.6. The van der Waals surface area contributed by atoms with Gasteiger partial charge in [0.25, 0.3) is 0 Å². The molecule has 1 saturated heterocycles. The highest BCUT2D eigenvalue weighted by atomic mass is 16.1. The molecule has 3 aliphatic heterocycles. The summed E-state index contributed by atoms with van der Waals surface area (Å²) in [7, 11) is 1.95. The number of aryl methyl sites for hydroxylation is 2. The van der Waals surface area contributed by atoms with E-state index in [1.54, 1.807) is 0 Å². The Morgan fingerprint density at radius 1 is 1.16 bits per heavy atom. The number of anilines is 2. The fourth-order valence-corrected chi connectivity index (χ4v) is 5.42. The minimum absolute atomic E-state index is 0.132. The SMILES string of the molecule is Cn1cc(-c2ccc3c(c2)CCCN3c2nn(C3CCNC(=O)C3)c3c2CNCC3)cn1. The number of amides is 1. The van der Waals surface area contributed by atoms with Gasteiger partial charge in [-0.3, -0.25) is 14.2 Å². The second-order valence-electron chi connectivity index (χ2n) is 9.12. The van der Waals surface area contributed by atoms with Crippen molar-refractivity contribution in [1.29, 1.82) is 0 Å². The van der Waals surface area contributed by atoms with Gasteiger partial charge in [0.1, 0.15) is 0 Å². The summed E-state index contributed by atoms with van der Waals surface area (Å²) < 4.78 is 4.03. The lowest BCUT2D eigenvalue weighted by atomic mass is 9.96. The lowest BCUT2D eigenvalue weighted by molar-refractivity contribution is -0.123. The molecule has 0 saturated carbocycles. The second kappa shape index (κ2) is 7.78. The maximum absolute atomic E-state index is 12.1. The summed E-state index contributed by atoms with van der Waals surface area (Å²) in [6.07, 6.45) is 8.58. The number of rotatable bonds is 3. The van der Waals surface area contributed by atoms with Crippen LogP contribution >= 0.6 is 0 Å². The van der Waals surface area contributed by atoms with Crippen molar-refractivity contribution < 1.29 is 4.79 Å². The summed E-state index contributed by atoms with van der Waals surface area (Å²) in [6, 6.07) is 6.90. The van der Waals surface area contributed by atoms with Crippen LogP contribution in [0.3, 0.4) is 0 Å². The molecular formula is C24H29N7O. The van der Waals surface area contributed by atoms with Crippen molar-refractivity contribution in [3.05, 3.63) is 47.4 Å². The fourth-order valence-electron chi connectivity index (χ4n) is 5.42. The standard InChI is InChI=1S/C24H29N7O/c1-29-15-18(13-27-29)16-4-5-21-17(11-16)3-2-10-30(21)24-20-14-25-8-7-22(20)31(28-24)19-6-9-26-23(32)12-19/h4-5,11,13,15,19,25H,2-3,6-10,12,14H2,1H3,(H,26,32). The monoisotopic (exact) mass is 431 g/mol. The van der Waals surface area contributed by atoms with E-state index in [9.17, 15) is 4.79 Å². The summed E-state index contributed by atoms with van der Waals surface area (Å²) in [5, 5.41) is 16.0. The third-order valence-corrected chi connectivity index (χ3v) is 7.00. The van der Waals surface area contributed by atoms with Crippen molar-refractivity contribution in [2.75, 3.05) is 24.5 Å². The minimum Gasteiger partial charge on any atom is -0.356 e. The maximum Gasteiger partial charge on any atom is 0.222 e. The molecule has 3 aromatic rings. The number of hydrogen-bond acceptors (Lipinski definition) is 5. The highest BCUT2D eigenvalue weighted by Crippen LogP contribution is 2.39. The quantitative estimate of drug-likeness (QED) is 0.666. The smallest absolute Gasteiger partial charge is 0.222 e. The van der Waals surface area contributed by atoms with Gasteiger partial charge < -0.3 is 15.5 Å². The van der Waals surface area contributed by atoms with Gasteiger partial charge in [0, 0.05) is 74.8 Å². The average molecular weight is 432 g/mol. The Bertz CT molecular complexity index is 1180. The molecule has 32 heavy (non-hydrogen) atoms. The predicted molar refractivity (Wildman–Crippen MR) is 123 cm³/mol. The molecule has 5 heterocycles. The number of carbonyl (C=O) groups is 1. The number of benzene rings is 1. The van der Waals surface area contributed by atoms with Crippen molar-refractivity contribution in [3.8, 4) is 11.1 Å². The van der Waals surface area contributed by atoms with E-state index in [0.29, 0.717) is 6.42 Å². The molecule has 1 amide bonds. The predicted octanol–water partition coefficient (Wildman–Crippen LogP) is 2.46. The van der Waals surface area contributed by atoms with Crippen LogP contribution in [0.4, 0.5) is 11.5 Å². The zero-order valence-corrected chi connectivity index (χ0v) is 18.5. The zero-order valence-electron chi connectivity index (χ0n) is 18.5. The Labute approximate surface area is 187 Å². The van der Waals surface area contributed by atoms with Crippen molar-refractivity contribution in [3.63, 3.8) is 0 Å². The average Bonchev–Trinajstić information content (AvgIpc) is 3.42. The van der Waals surface area contributed by atoms with E-state index in [2.05, 4.69) is 49.7 Å². The number of fused-ring (bicyclic) bond motifs is 2. The van der Waals surface area contributed by atoms with Gasteiger partial charge in [-0.2, -0.15) is 10.2 Å². The van der Waals surface area contributed by atoms with Crippen LogP contribution in [0.5, 0.6) is 0 Å².